The summed E-state index contributed by atoms with van der Waals surface area (Å²) in [6.07, 6.45) is -2.86. The highest BCUT2D eigenvalue weighted by Gasteiger charge is 2.36. The Kier molecular flexibility index (Phi) is 4.82. The summed E-state index contributed by atoms with van der Waals surface area (Å²) in [5, 5.41) is 6.29. The van der Waals surface area contributed by atoms with Gasteiger partial charge in [0.15, 0.2) is 0 Å². The highest BCUT2D eigenvalue weighted by molar-refractivity contribution is 7.15. The third kappa shape index (κ3) is 3.93. The molecule has 1 aromatic heterocycles. The second-order valence-electron chi connectivity index (χ2n) is 4.75. The summed E-state index contributed by atoms with van der Waals surface area (Å²) in [5.41, 5.74) is 1.15. The maximum absolute atomic E-state index is 12.6. The summed E-state index contributed by atoms with van der Waals surface area (Å²) in [4.78, 5) is 1.78. The van der Waals surface area contributed by atoms with Gasteiger partial charge in [-0.3, -0.25) is 0 Å². The third-order valence-corrected chi connectivity index (χ3v) is 4.35. The van der Waals surface area contributed by atoms with E-state index in [2.05, 4.69) is 10.2 Å². The predicted molar refractivity (Wildman–Crippen MR) is 77.5 cm³/mol. The van der Waals surface area contributed by atoms with Crippen LogP contribution in [0.3, 0.4) is 0 Å². The molecule has 3 nitrogen and oxygen atoms in total. The minimum atomic E-state index is -4.43. The van der Waals surface area contributed by atoms with Gasteiger partial charge in [0.05, 0.1) is 0 Å². The van der Waals surface area contributed by atoms with Crippen LogP contribution in [0, 0.1) is 0 Å². The van der Waals surface area contributed by atoms with Crippen LogP contribution in [0.2, 0.25) is 0 Å². The molecule has 21 heavy (non-hydrogen) atoms. The van der Waals surface area contributed by atoms with Crippen LogP contribution in [0.5, 0.6) is 0 Å². The summed E-state index contributed by atoms with van der Waals surface area (Å²) in [5.74, 6) is 0. The normalized spacial score (nSPS) is 13.2. The molecule has 0 N–H and O–H groups in total. The lowest BCUT2D eigenvalue weighted by atomic mass is 10.0. The average Bonchev–Trinajstić information content (AvgIpc) is 2.95. The molecule has 2 rings (SSSR count). The van der Waals surface area contributed by atoms with E-state index < -0.39 is 11.2 Å². The van der Waals surface area contributed by atoms with Crippen LogP contribution in [0.15, 0.2) is 30.3 Å². The number of rotatable bonds is 5. The predicted octanol–water partition coefficient (Wildman–Crippen LogP) is 4.01. The van der Waals surface area contributed by atoms with E-state index in [4.69, 9.17) is 0 Å². The molecule has 1 atom stereocenters. The lowest BCUT2D eigenvalue weighted by molar-refractivity contribution is -0.138. The van der Waals surface area contributed by atoms with Gasteiger partial charge in [-0.1, -0.05) is 48.6 Å². The van der Waals surface area contributed by atoms with Crippen molar-refractivity contribution >= 4 is 16.5 Å². The molecule has 0 saturated heterocycles. The second kappa shape index (κ2) is 6.43. The highest BCUT2D eigenvalue weighted by Crippen LogP contribution is 2.34. The first-order chi connectivity index (χ1) is 9.91. The van der Waals surface area contributed by atoms with Crippen LogP contribution in [0.4, 0.5) is 18.3 Å². The van der Waals surface area contributed by atoms with E-state index >= 15 is 0 Å². The minimum absolute atomic E-state index is 0.0847. The molecule has 114 valence electrons. The molecule has 0 saturated carbocycles. The van der Waals surface area contributed by atoms with Crippen molar-refractivity contribution in [3.63, 3.8) is 0 Å². The van der Waals surface area contributed by atoms with Crippen LogP contribution >= 0.6 is 11.3 Å². The fraction of sp³-hybridized carbons (Fsp3) is 0.429. The Hall–Kier alpha value is -1.63. The molecule has 0 fully saturated rings. The Balaban J connectivity index is 2.13. The number of benzene rings is 1. The number of aromatic nitrogens is 2. The molecule has 0 bridgehead atoms. The summed E-state index contributed by atoms with van der Waals surface area (Å²) < 4.78 is 37.8. The standard InChI is InChI=1S/C14H16F3N3S/c1-3-11(9-10-7-5-4-6-8-10)20(2)13-19-18-12(21-13)14(15,16)17/h4-8,11H,3,9H2,1-2H3. The van der Waals surface area contributed by atoms with Gasteiger partial charge in [0, 0.05) is 13.1 Å². The number of anilines is 1. The van der Waals surface area contributed by atoms with Crippen molar-refractivity contribution in [3.05, 3.63) is 40.9 Å². The molecule has 7 heteroatoms. The van der Waals surface area contributed by atoms with Crippen molar-refractivity contribution in [2.45, 2.75) is 32.0 Å². The van der Waals surface area contributed by atoms with E-state index in [0.29, 0.717) is 16.5 Å². The Bertz CT molecular complexity index is 568. The van der Waals surface area contributed by atoms with Gasteiger partial charge in [0.25, 0.3) is 0 Å². The fourth-order valence-electron chi connectivity index (χ4n) is 2.07. The van der Waals surface area contributed by atoms with Gasteiger partial charge in [-0.2, -0.15) is 13.2 Å². The van der Waals surface area contributed by atoms with E-state index in [1.807, 2.05) is 37.3 Å². The molecule has 1 unspecified atom stereocenters. The van der Waals surface area contributed by atoms with Crippen LogP contribution in [-0.4, -0.2) is 23.3 Å². The summed E-state index contributed by atoms with van der Waals surface area (Å²) in [7, 11) is 1.76. The van der Waals surface area contributed by atoms with Gasteiger partial charge in [-0.15, -0.1) is 10.2 Å². The molecule has 0 aliphatic rings. The van der Waals surface area contributed by atoms with Gasteiger partial charge in [-0.25, -0.2) is 0 Å². The number of hydrogen-bond acceptors (Lipinski definition) is 4. The number of hydrogen-bond donors (Lipinski definition) is 0. The third-order valence-electron chi connectivity index (χ3n) is 3.29. The van der Waals surface area contributed by atoms with Crippen molar-refractivity contribution in [2.75, 3.05) is 11.9 Å². The number of likely N-dealkylation sites (N-methyl/N-ethyl adjacent to an activating group) is 1. The second-order valence-corrected chi connectivity index (χ2v) is 5.71. The highest BCUT2D eigenvalue weighted by atomic mass is 32.1. The molecule has 0 radical (unpaired) electrons. The molecule has 1 aromatic carbocycles. The lowest BCUT2D eigenvalue weighted by Crippen LogP contribution is -2.32. The smallest absolute Gasteiger partial charge is 0.346 e. The van der Waals surface area contributed by atoms with Crippen LogP contribution < -0.4 is 4.90 Å². The van der Waals surface area contributed by atoms with Gasteiger partial charge < -0.3 is 4.90 Å². The number of halogens is 3. The quantitative estimate of drug-likeness (QED) is 0.834. The summed E-state index contributed by atoms with van der Waals surface area (Å²) in [6, 6.07) is 9.95. The monoisotopic (exact) mass is 315 g/mol. The zero-order valence-electron chi connectivity index (χ0n) is 11.8. The van der Waals surface area contributed by atoms with E-state index in [1.54, 1.807) is 11.9 Å². The van der Waals surface area contributed by atoms with Crippen LogP contribution in [0.1, 0.15) is 23.9 Å². The molecular weight excluding hydrogens is 299 g/mol. The molecule has 1 heterocycles. The van der Waals surface area contributed by atoms with Crippen LogP contribution in [0.25, 0.3) is 0 Å². The van der Waals surface area contributed by atoms with Gasteiger partial charge in [-0.05, 0) is 18.4 Å². The van der Waals surface area contributed by atoms with Gasteiger partial charge in [0.1, 0.15) is 0 Å². The van der Waals surface area contributed by atoms with E-state index in [0.717, 1.165) is 18.4 Å². The fourth-order valence-corrected chi connectivity index (χ4v) is 2.82. The zero-order chi connectivity index (χ0) is 15.5. The van der Waals surface area contributed by atoms with Crippen molar-refractivity contribution in [2.24, 2.45) is 0 Å². The number of alkyl halides is 3. The van der Waals surface area contributed by atoms with Gasteiger partial charge in [0.2, 0.25) is 10.1 Å². The van der Waals surface area contributed by atoms with E-state index in [-0.39, 0.29) is 6.04 Å². The Morgan fingerprint density at radius 1 is 1.19 bits per heavy atom. The van der Waals surface area contributed by atoms with E-state index in [9.17, 15) is 13.2 Å². The summed E-state index contributed by atoms with van der Waals surface area (Å²) >= 11 is 0.581. The first kappa shape index (κ1) is 15.8. The van der Waals surface area contributed by atoms with Gasteiger partial charge >= 0.3 is 6.18 Å². The topological polar surface area (TPSA) is 29.0 Å². The van der Waals surface area contributed by atoms with Crippen molar-refractivity contribution in [3.8, 4) is 0 Å². The Morgan fingerprint density at radius 2 is 1.86 bits per heavy atom. The number of nitrogens with zero attached hydrogens (tertiary/aromatic N) is 3. The largest absolute Gasteiger partial charge is 0.445 e. The molecule has 0 amide bonds. The zero-order valence-corrected chi connectivity index (χ0v) is 12.6. The first-order valence-corrected chi connectivity index (χ1v) is 7.41. The minimum Gasteiger partial charge on any atom is -0.346 e. The average molecular weight is 315 g/mol. The van der Waals surface area contributed by atoms with Crippen molar-refractivity contribution in [1.82, 2.24) is 10.2 Å². The Labute approximate surface area is 125 Å². The maximum Gasteiger partial charge on any atom is 0.445 e. The molecule has 0 aliphatic carbocycles. The van der Waals surface area contributed by atoms with Crippen molar-refractivity contribution < 1.29 is 13.2 Å². The summed E-state index contributed by atoms with van der Waals surface area (Å²) in [6.45, 7) is 2.01. The molecule has 2 aromatic rings. The molecule has 0 aliphatic heterocycles. The van der Waals surface area contributed by atoms with Crippen LogP contribution in [-0.2, 0) is 12.6 Å². The van der Waals surface area contributed by atoms with Crippen molar-refractivity contribution in [1.29, 1.82) is 0 Å². The maximum atomic E-state index is 12.6. The Morgan fingerprint density at radius 3 is 2.38 bits per heavy atom. The molecular formula is C14H16F3N3S. The first-order valence-electron chi connectivity index (χ1n) is 6.59. The SMILES string of the molecule is CCC(Cc1ccccc1)N(C)c1nnc(C(F)(F)F)s1. The van der Waals surface area contributed by atoms with E-state index in [1.165, 1.54) is 0 Å². The lowest BCUT2D eigenvalue weighted by Gasteiger charge is -2.26. The molecule has 0 spiro atoms.